The highest BCUT2D eigenvalue weighted by Crippen LogP contribution is 2.25. The van der Waals surface area contributed by atoms with Crippen molar-refractivity contribution in [1.29, 1.82) is 0 Å². The van der Waals surface area contributed by atoms with E-state index >= 15 is 0 Å². The van der Waals surface area contributed by atoms with E-state index in [1.807, 2.05) is 0 Å². The number of hydrogen-bond acceptors (Lipinski definition) is 3. The van der Waals surface area contributed by atoms with Crippen LogP contribution >= 0.6 is 11.6 Å². The van der Waals surface area contributed by atoms with Crippen LogP contribution in [0.1, 0.15) is 6.92 Å². The van der Waals surface area contributed by atoms with Gasteiger partial charge in [-0.3, -0.25) is 4.79 Å². The smallest absolute Gasteiger partial charge is 0.239 e. The quantitative estimate of drug-likeness (QED) is 0.845. The van der Waals surface area contributed by atoms with E-state index in [4.69, 9.17) is 16.3 Å². The first-order valence-electron chi connectivity index (χ1n) is 5.60. The summed E-state index contributed by atoms with van der Waals surface area (Å²) in [6, 6.07) is 1.51. The van der Waals surface area contributed by atoms with Crippen molar-refractivity contribution in [3.8, 4) is 0 Å². The van der Waals surface area contributed by atoms with E-state index in [0.717, 1.165) is 6.07 Å². The van der Waals surface area contributed by atoms with E-state index < -0.39 is 11.6 Å². The Morgan fingerprint density at radius 1 is 1.47 bits per heavy atom. The summed E-state index contributed by atoms with van der Waals surface area (Å²) in [4.78, 5) is 11.5. The Morgan fingerprint density at radius 2 is 2.16 bits per heavy atom. The maximum atomic E-state index is 13.4. The maximum absolute atomic E-state index is 13.4. The fourth-order valence-electron chi connectivity index (χ4n) is 1.50. The van der Waals surface area contributed by atoms with Crippen molar-refractivity contribution in [2.24, 2.45) is 0 Å². The molecule has 0 heterocycles. The molecule has 0 bridgehead atoms. The van der Waals surface area contributed by atoms with Crippen LogP contribution in [0, 0.1) is 11.6 Å². The van der Waals surface area contributed by atoms with Gasteiger partial charge >= 0.3 is 0 Å². The molecule has 1 rings (SSSR count). The molecule has 1 amide bonds. The molecule has 0 radical (unpaired) electrons. The van der Waals surface area contributed by atoms with Crippen molar-refractivity contribution in [1.82, 2.24) is 5.32 Å². The minimum Gasteiger partial charge on any atom is -0.383 e. The molecular formula is C12H15ClF2N2O2. The third kappa shape index (κ3) is 5.00. The number of halogens is 3. The fraction of sp³-hybridized carbons (Fsp3) is 0.417. The molecule has 106 valence electrons. The zero-order valence-corrected chi connectivity index (χ0v) is 11.4. The number of carbonyl (C=O) groups excluding carboxylic acids is 1. The van der Waals surface area contributed by atoms with Crippen molar-refractivity contribution < 1.29 is 18.3 Å². The van der Waals surface area contributed by atoms with Gasteiger partial charge in [-0.05, 0) is 13.0 Å². The van der Waals surface area contributed by atoms with Crippen LogP contribution in [0.4, 0.5) is 14.5 Å². The summed E-state index contributed by atoms with van der Waals surface area (Å²) in [7, 11) is 1.52. The molecule has 4 nitrogen and oxygen atoms in total. The summed E-state index contributed by atoms with van der Waals surface area (Å²) in [5, 5.41) is 5.05. The fourth-order valence-corrected chi connectivity index (χ4v) is 1.76. The first-order chi connectivity index (χ1) is 8.93. The van der Waals surface area contributed by atoms with Crippen molar-refractivity contribution in [2.75, 3.05) is 25.6 Å². The van der Waals surface area contributed by atoms with Crippen molar-refractivity contribution >= 4 is 23.2 Å². The molecule has 0 aliphatic rings. The van der Waals surface area contributed by atoms with Gasteiger partial charge in [0.25, 0.3) is 0 Å². The highest BCUT2D eigenvalue weighted by atomic mass is 35.5. The van der Waals surface area contributed by atoms with Gasteiger partial charge in [0.1, 0.15) is 5.82 Å². The summed E-state index contributed by atoms with van der Waals surface area (Å²) < 4.78 is 31.1. The summed E-state index contributed by atoms with van der Waals surface area (Å²) in [5.74, 6) is -1.96. The summed E-state index contributed by atoms with van der Waals surface area (Å²) in [6.07, 6.45) is 0. The van der Waals surface area contributed by atoms with E-state index in [2.05, 4.69) is 10.6 Å². The van der Waals surface area contributed by atoms with E-state index in [1.165, 1.54) is 7.11 Å². The third-order valence-electron chi connectivity index (χ3n) is 2.26. The van der Waals surface area contributed by atoms with Crippen molar-refractivity contribution in [3.63, 3.8) is 0 Å². The molecule has 2 N–H and O–H groups in total. The van der Waals surface area contributed by atoms with E-state index in [1.54, 1.807) is 6.92 Å². The number of carbonyl (C=O) groups is 1. The van der Waals surface area contributed by atoms with Crippen LogP contribution in [0.2, 0.25) is 5.02 Å². The predicted molar refractivity (Wildman–Crippen MR) is 69.3 cm³/mol. The van der Waals surface area contributed by atoms with Crippen LogP contribution < -0.4 is 10.6 Å². The topological polar surface area (TPSA) is 50.4 Å². The first-order valence-corrected chi connectivity index (χ1v) is 5.98. The number of methoxy groups -OCH3 is 1. The molecule has 7 heteroatoms. The number of benzene rings is 1. The van der Waals surface area contributed by atoms with Crippen LogP contribution in [-0.4, -0.2) is 32.2 Å². The number of ether oxygens (including phenoxy) is 1. The van der Waals surface area contributed by atoms with Crippen LogP contribution in [-0.2, 0) is 9.53 Å². The molecule has 0 fully saturated rings. The van der Waals surface area contributed by atoms with Gasteiger partial charge in [-0.25, -0.2) is 8.78 Å². The van der Waals surface area contributed by atoms with E-state index in [-0.39, 0.29) is 29.2 Å². The van der Waals surface area contributed by atoms with Gasteiger partial charge in [0.2, 0.25) is 5.91 Å². The van der Waals surface area contributed by atoms with Gasteiger partial charge in [-0.2, -0.15) is 0 Å². The number of amides is 1. The van der Waals surface area contributed by atoms with Gasteiger partial charge in [-0.1, -0.05) is 11.6 Å². The summed E-state index contributed by atoms with van der Waals surface area (Å²) >= 11 is 5.68. The molecule has 19 heavy (non-hydrogen) atoms. The molecule has 0 saturated heterocycles. The Kier molecular flexibility index (Phi) is 5.98. The van der Waals surface area contributed by atoms with Crippen LogP contribution in [0.3, 0.4) is 0 Å². The molecule has 1 unspecified atom stereocenters. The number of rotatable bonds is 6. The highest BCUT2D eigenvalue weighted by Gasteiger charge is 2.12. The number of nitrogens with one attached hydrogen (secondary N) is 2. The van der Waals surface area contributed by atoms with Crippen molar-refractivity contribution in [2.45, 2.75) is 13.0 Å². The Balaban J connectivity index is 2.55. The summed E-state index contributed by atoms with van der Waals surface area (Å²) in [6.45, 7) is 1.97. The molecule has 1 atom stereocenters. The average Bonchev–Trinajstić information content (AvgIpc) is 2.27. The molecule has 0 aliphatic carbocycles. The van der Waals surface area contributed by atoms with Gasteiger partial charge in [0.05, 0.1) is 23.9 Å². The summed E-state index contributed by atoms with van der Waals surface area (Å²) in [5.41, 5.74) is -0.0994. The Labute approximate surface area is 115 Å². The second-order valence-corrected chi connectivity index (χ2v) is 4.43. The molecule has 0 saturated carbocycles. The monoisotopic (exact) mass is 292 g/mol. The third-order valence-corrected chi connectivity index (χ3v) is 2.55. The molecular weight excluding hydrogens is 278 g/mol. The van der Waals surface area contributed by atoms with Gasteiger partial charge in [-0.15, -0.1) is 0 Å². The maximum Gasteiger partial charge on any atom is 0.239 e. The lowest BCUT2D eigenvalue weighted by Crippen LogP contribution is -2.39. The zero-order chi connectivity index (χ0) is 14.4. The normalized spacial score (nSPS) is 12.1. The molecule has 0 spiro atoms. The van der Waals surface area contributed by atoms with Crippen LogP contribution in [0.5, 0.6) is 0 Å². The Bertz CT molecular complexity index is 434. The SMILES string of the molecule is COCC(C)NC(=O)CNc1c(F)cc(F)cc1Cl. The molecule has 1 aromatic carbocycles. The van der Waals surface area contributed by atoms with Gasteiger partial charge in [0.15, 0.2) is 5.82 Å². The highest BCUT2D eigenvalue weighted by molar-refractivity contribution is 6.33. The molecule has 0 aromatic heterocycles. The van der Waals surface area contributed by atoms with Crippen molar-refractivity contribution in [3.05, 3.63) is 28.8 Å². The lowest BCUT2D eigenvalue weighted by atomic mass is 10.3. The van der Waals surface area contributed by atoms with E-state index in [9.17, 15) is 13.6 Å². The Morgan fingerprint density at radius 3 is 2.74 bits per heavy atom. The van der Waals surface area contributed by atoms with E-state index in [0.29, 0.717) is 12.7 Å². The first kappa shape index (κ1) is 15.7. The Hall–Kier alpha value is -1.40. The zero-order valence-electron chi connectivity index (χ0n) is 10.6. The second kappa shape index (κ2) is 7.25. The second-order valence-electron chi connectivity index (χ2n) is 4.02. The predicted octanol–water partition coefficient (Wildman–Crippen LogP) is 2.18. The number of hydrogen-bond donors (Lipinski definition) is 2. The molecule has 1 aromatic rings. The van der Waals surface area contributed by atoms with Crippen LogP contribution in [0.15, 0.2) is 12.1 Å². The molecule has 0 aliphatic heterocycles. The number of anilines is 1. The van der Waals surface area contributed by atoms with Crippen LogP contribution in [0.25, 0.3) is 0 Å². The van der Waals surface area contributed by atoms with Gasteiger partial charge in [0, 0.05) is 19.2 Å². The van der Waals surface area contributed by atoms with Gasteiger partial charge < -0.3 is 15.4 Å². The lowest BCUT2D eigenvalue weighted by molar-refractivity contribution is -0.120. The minimum atomic E-state index is -0.845. The minimum absolute atomic E-state index is 0.0994. The lowest BCUT2D eigenvalue weighted by Gasteiger charge is -2.14. The average molecular weight is 293 g/mol. The standard InChI is InChI=1S/C12H15ClF2N2O2/c1-7(6-19-2)17-11(18)5-16-12-9(13)3-8(14)4-10(12)15/h3-4,7,16H,5-6H2,1-2H3,(H,17,18). The largest absolute Gasteiger partial charge is 0.383 e.